The van der Waals surface area contributed by atoms with E-state index >= 15 is 0 Å². The predicted molar refractivity (Wildman–Crippen MR) is 274 cm³/mol. The molecule has 2 N–H and O–H groups in total. The van der Waals surface area contributed by atoms with Crippen molar-refractivity contribution in [1.29, 1.82) is 0 Å². The highest BCUT2D eigenvalue weighted by atomic mass is 32.1. The fourth-order valence-corrected chi connectivity index (χ4v) is 10.2. The van der Waals surface area contributed by atoms with Crippen LogP contribution in [-0.2, 0) is 38.3 Å². The number of likely N-dealkylation sites (tertiary alicyclic amines) is 1. The molecule has 378 valence electrons. The summed E-state index contributed by atoms with van der Waals surface area (Å²) >= 11 is 7.21. The summed E-state index contributed by atoms with van der Waals surface area (Å²) in [6.45, 7) is 19.0. The second kappa shape index (κ2) is 22.0. The number of hydrogen-bond donors (Lipinski definition) is 2. The van der Waals surface area contributed by atoms with E-state index in [9.17, 15) is 37.5 Å². The van der Waals surface area contributed by atoms with Crippen molar-refractivity contribution in [3.8, 4) is 21.9 Å². The third-order valence-electron chi connectivity index (χ3n) is 12.9. The van der Waals surface area contributed by atoms with Gasteiger partial charge in [0.25, 0.3) is 5.91 Å². The highest BCUT2D eigenvalue weighted by Crippen LogP contribution is 2.42. The van der Waals surface area contributed by atoms with Gasteiger partial charge in [-0.05, 0) is 110 Å². The van der Waals surface area contributed by atoms with Crippen molar-refractivity contribution in [3.05, 3.63) is 130 Å². The van der Waals surface area contributed by atoms with E-state index in [1.165, 1.54) is 11.0 Å². The number of thiazole rings is 1. The Morgan fingerprint density at radius 1 is 0.944 bits per heavy atom. The lowest BCUT2D eigenvalue weighted by Crippen LogP contribution is -2.50. The molecule has 0 bridgehead atoms. The number of ketones is 1. The third-order valence-corrected chi connectivity index (χ3v) is 14.3. The Labute approximate surface area is 426 Å². The number of amides is 3. The molecule has 0 saturated carbocycles. The largest absolute Gasteiger partial charge is 0.493 e. The third kappa shape index (κ3) is 12.1. The van der Waals surface area contributed by atoms with Gasteiger partial charge in [0.2, 0.25) is 11.8 Å². The van der Waals surface area contributed by atoms with E-state index < -0.39 is 52.4 Å². The molecular weight excluding hydrogens is 966 g/mol. The second-order valence-electron chi connectivity index (χ2n) is 19.6. The van der Waals surface area contributed by atoms with E-state index in [2.05, 4.69) is 15.1 Å². The standard InChI is InChI=1S/C54H57F3N6O7S2/c1-33-47(72-32-60-33)36-14-9-35(10-15-36)30-59-48(66)46-29-40(65)31-61(46)49(67)44(52(2,3)4)28-39(64)19-11-34-12-20-41(21-13-34)69-25-8-26-70-42-22-16-37(17-23-42)63-51(71)62(50(68)53(63,5)6)38-18-24-45(58-7)43(27-38)54(55,56)57/h9-10,12-18,20-24,27,32,40,44,46,65H,8,11,19,25-26,28-31H2,1-6H3,(H,59,66)/t40-,44-,46+/m1/s1. The molecule has 2 fully saturated rings. The molecule has 2 saturated heterocycles. The molecule has 13 nitrogen and oxygen atoms in total. The number of benzene rings is 4. The zero-order valence-electron chi connectivity index (χ0n) is 40.9. The van der Waals surface area contributed by atoms with Gasteiger partial charge in [-0.15, -0.1) is 11.3 Å². The minimum absolute atomic E-state index is 0.00456. The molecule has 5 aromatic rings. The number of nitrogens with zero attached hydrogens (tertiary/aromatic N) is 5. The first kappa shape index (κ1) is 53.1. The summed E-state index contributed by atoms with van der Waals surface area (Å²) in [6.07, 6.45) is -4.30. The van der Waals surface area contributed by atoms with Gasteiger partial charge >= 0.3 is 6.18 Å². The van der Waals surface area contributed by atoms with Crippen LogP contribution in [0.15, 0.2) is 96.5 Å². The summed E-state index contributed by atoms with van der Waals surface area (Å²) in [5.74, 6) is -0.773. The highest BCUT2D eigenvalue weighted by Gasteiger charge is 2.51. The van der Waals surface area contributed by atoms with Crippen molar-refractivity contribution >= 4 is 69.2 Å². The number of aromatic nitrogens is 1. The number of ether oxygens (including phenoxy) is 2. The molecule has 0 unspecified atom stereocenters. The molecule has 18 heteroatoms. The fraction of sp³-hybridized carbons (Fsp3) is 0.389. The van der Waals surface area contributed by atoms with Gasteiger partial charge < -0.3 is 29.7 Å². The SMILES string of the molecule is [C-]#[N+]c1ccc(N2C(=O)C(C)(C)N(c3ccc(OCCCOc4ccc(CCC(=O)C[C@H](C(=O)N5C[C@H](O)C[C@H]5C(=O)NCc5ccc(-c6scnc6C)cc5)C(C)(C)C)cc4)cc3)C2=S)cc1C(F)(F)F. The first-order valence-electron chi connectivity index (χ1n) is 23.6. The number of carbonyl (C=O) groups is 4. The highest BCUT2D eigenvalue weighted by molar-refractivity contribution is 7.81. The van der Waals surface area contributed by atoms with Gasteiger partial charge in [-0.25, -0.2) is 9.83 Å². The van der Waals surface area contributed by atoms with Gasteiger partial charge in [0.05, 0.1) is 47.5 Å². The van der Waals surface area contributed by atoms with Gasteiger partial charge in [-0.2, -0.15) is 13.2 Å². The second-order valence-corrected chi connectivity index (χ2v) is 20.8. The van der Waals surface area contributed by atoms with E-state index in [0.29, 0.717) is 43.2 Å². The van der Waals surface area contributed by atoms with Crippen molar-refractivity contribution in [1.82, 2.24) is 15.2 Å². The Hall–Kier alpha value is -6.68. The summed E-state index contributed by atoms with van der Waals surface area (Å²) in [4.78, 5) is 67.1. The lowest BCUT2D eigenvalue weighted by molar-refractivity contribution is -0.146. The molecule has 2 aliphatic rings. The minimum Gasteiger partial charge on any atom is -0.493 e. The maximum absolute atomic E-state index is 14.1. The Bertz CT molecular complexity index is 2840. The zero-order valence-corrected chi connectivity index (χ0v) is 42.5. The van der Waals surface area contributed by atoms with E-state index in [4.69, 9.17) is 28.3 Å². The number of nitrogens with one attached hydrogen (secondary N) is 1. The number of alkyl halides is 3. The summed E-state index contributed by atoms with van der Waals surface area (Å²) in [5.41, 5.74) is 2.55. The van der Waals surface area contributed by atoms with E-state index in [1.807, 2.05) is 81.7 Å². The quantitative estimate of drug-likeness (QED) is 0.0494. The predicted octanol–water partition coefficient (Wildman–Crippen LogP) is 10.3. The number of carbonyl (C=O) groups excluding carboxylic acids is 4. The average molecular weight is 1020 g/mol. The van der Waals surface area contributed by atoms with E-state index in [1.54, 1.807) is 54.3 Å². The van der Waals surface area contributed by atoms with Crippen LogP contribution >= 0.6 is 23.6 Å². The molecule has 4 aromatic carbocycles. The molecule has 0 aliphatic carbocycles. The van der Waals surface area contributed by atoms with Crippen molar-refractivity contribution in [2.75, 3.05) is 29.6 Å². The molecule has 72 heavy (non-hydrogen) atoms. The summed E-state index contributed by atoms with van der Waals surface area (Å²) in [7, 11) is 0. The number of hydrogen-bond acceptors (Lipinski definition) is 10. The molecular formula is C54H57F3N6O7S2. The summed E-state index contributed by atoms with van der Waals surface area (Å²) < 4.78 is 53.1. The summed E-state index contributed by atoms with van der Waals surface area (Å²) in [5, 5.41) is 13.6. The smallest absolute Gasteiger partial charge is 0.407 e. The molecule has 0 spiro atoms. The van der Waals surface area contributed by atoms with E-state index in [-0.39, 0.29) is 60.7 Å². The molecule has 3 atom stereocenters. The van der Waals surface area contributed by atoms with Gasteiger partial charge in [-0.3, -0.25) is 24.1 Å². The average Bonchev–Trinajstić information content (AvgIpc) is 4.01. The van der Waals surface area contributed by atoms with Crippen LogP contribution in [0.5, 0.6) is 11.5 Å². The number of Topliss-reactive ketones (excluding diaryl/α,β-unsaturated/α-hetero) is 1. The molecule has 0 radical (unpaired) electrons. The monoisotopic (exact) mass is 1020 g/mol. The number of rotatable bonds is 18. The maximum atomic E-state index is 14.1. The van der Waals surface area contributed by atoms with Crippen LogP contribution in [0.25, 0.3) is 15.3 Å². The van der Waals surface area contributed by atoms with Crippen LogP contribution in [0.4, 0.5) is 30.2 Å². The number of anilines is 2. The Balaban J connectivity index is 0.845. The van der Waals surface area contributed by atoms with Crippen LogP contribution in [0, 0.1) is 24.8 Å². The maximum Gasteiger partial charge on any atom is 0.407 e. The Kier molecular flexibility index (Phi) is 16.2. The van der Waals surface area contributed by atoms with Gasteiger partial charge in [0.15, 0.2) is 10.8 Å². The lowest BCUT2D eigenvalue weighted by atomic mass is 9.76. The van der Waals surface area contributed by atoms with Crippen LogP contribution in [0.1, 0.15) is 82.7 Å². The van der Waals surface area contributed by atoms with Crippen molar-refractivity contribution in [2.45, 2.75) is 104 Å². The number of aliphatic hydroxyl groups is 1. The minimum atomic E-state index is -4.80. The van der Waals surface area contributed by atoms with Crippen LogP contribution in [-0.4, -0.2) is 81.1 Å². The Morgan fingerprint density at radius 2 is 1.56 bits per heavy atom. The lowest BCUT2D eigenvalue weighted by Gasteiger charge is -2.34. The molecule has 7 rings (SSSR count). The number of thiocarbonyl (C=S) groups is 1. The number of halogens is 3. The first-order chi connectivity index (χ1) is 34.1. The first-order valence-corrected chi connectivity index (χ1v) is 24.8. The van der Waals surface area contributed by atoms with Gasteiger partial charge in [-0.1, -0.05) is 63.2 Å². The number of aliphatic hydroxyl groups excluding tert-OH is 1. The van der Waals surface area contributed by atoms with Crippen molar-refractivity contribution in [2.24, 2.45) is 11.3 Å². The van der Waals surface area contributed by atoms with Crippen molar-refractivity contribution < 1.29 is 46.9 Å². The van der Waals surface area contributed by atoms with Crippen LogP contribution in [0.3, 0.4) is 0 Å². The van der Waals surface area contributed by atoms with E-state index in [0.717, 1.165) is 44.3 Å². The number of aryl methyl sites for hydroxylation is 2. The van der Waals surface area contributed by atoms with Crippen molar-refractivity contribution in [3.63, 3.8) is 0 Å². The van der Waals surface area contributed by atoms with Gasteiger partial charge in [0, 0.05) is 56.1 Å². The fourth-order valence-electron chi connectivity index (χ4n) is 8.87. The summed E-state index contributed by atoms with van der Waals surface area (Å²) in [6, 6.07) is 24.4. The normalized spacial score (nSPS) is 17.2. The number of β-amino-alcohol motifs (C(OH)–C–C–N with tert-alkyl or cyclic N) is 1. The molecule has 3 amide bonds. The molecule has 3 heterocycles. The van der Waals surface area contributed by atoms with Crippen LogP contribution in [0.2, 0.25) is 0 Å². The Morgan fingerprint density at radius 3 is 2.14 bits per heavy atom. The van der Waals surface area contributed by atoms with Crippen LogP contribution < -0.4 is 24.6 Å². The zero-order chi connectivity index (χ0) is 52.1. The topological polar surface area (TPSA) is 146 Å². The van der Waals surface area contributed by atoms with Gasteiger partial charge in [0.1, 0.15) is 28.9 Å². The molecule has 1 aromatic heterocycles. The molecule has 2 aliphatic heterocycles.